The minimum atomic E-state index is -4.56. The van der Waals surface area contributed by atoms with E-state index >= 15 is 0 Å². The number of anilines is 1. The lowest BCUT2D eigenvalue weighted by atomic mass is 9.94. The zero-order valence-corrected chi connectivity index (χ0v) is 19.1. The van der Waals surface area contributed by atoms with Crippen LogP contribution in [0.4, 0.5) is 24.5 Å². The minimum Gasteiger partial charge on any atom is -0.478 e. The summed E-state index contributed by atoms with van der Waals surface area (Å²) in [7, 11) is 1.77. The van der Waals surface area contributed by atoms with Crippen LogP contribution in [0, 0.1) is 0 Å². The molecule has 0 bridgehead atoms. The van der Waals surface area contributed by atoms with Gasteiger partial charge in [0.25, 0.3) is 0 Å². The van der Waals surface area contributed by atoms with Crippen LogP contribution in [0.3, 0.4) is 0 Å². The van der Waals surface area contributed by atoms with Crippen molar-refractivity contribution in [2.45, 2.75) is 38.4 Å². The second-order valence-corrected chi connectivity index (χ2v) is 8.64. The number of nitrogens with one attached hydrogen (secondary N) is 1. The molecule has 34 heavy (non-hydrogen) atoms. The normalized spacial score (nSPS) is 17.2. The molecule has 1 atom stereocenters. The van der Waals surface area contributed by atoms with E-state index in [-0.39, 0.29) is 5.56 Å². The Morgan fingerprint density at radius 3 is 2.50 bits per heavy atom. The van der Waals surface area contributed by atoms with Crippen LogP contribution in [0.25, 0.3) is 5.70 Å². The maximum absolute atomic E-state index is 13.8. The zero-order chi connectivity index (χ0) is 24.6. The molecule has 4 rings (SSSR count). The Morgan fingerprint density at radius 2 is 1.85 bits per heavy atom. The Balaban J connectivity index is 1.84. The number of para-hydroxylation sites is 1. The van der Waals surface area contributed by atoms with Gasteiger partial charge in [-0.05, 0) is 50.5 Å². The van der Waals surface area contributed by atoms with Crippen LogP contribution in [0.1, 0.15) is 59.3 Å². The first-order valence-electron chi connectivity index (χ1n) is 11.2. The van der Waals surface area contributed by atoms with Crippen molar-refractivity contribution in [3.8, 4) is 0 Å². The summed E-state index contributed by atoms with van der Waals surface area (Å²) in [5.74, 6) is -0.460. The molecule has 180 valence electrons. The van der Waals surface area contributed by atoms with Crippen LogP contribution in [0.15, 0.2) is 48.0 Å². The number of carbonyl (C=O) groups is 1. The number of rotatable bonds is 4. The highest BCUT2D eigenvalue weighted by Gasteiger charge is 2.36. The molecule has 0 amide bonds. The number of nitrogens with zero attached hydrogens (tertiary/aromatic N) is 3. The van der Waals surface area contributed by atoms with Gasteiger partial charge in [-0.3, -0.25) is 0 Å². The Morgan fingerprint density at radius 1 is 1.18 bits per heavy atom. The van der Waals surface area contributed by atoms with E-state index in [1.165, 1.54) is 6.07 Å². The molecule has 0 unspecified atom stereocenters. The molecule has 0 radical (unpaired) electrons. The number of halogens is 3. The van der Waals surface area contributed by atoms with Crippen LogP contribution in [-0.4, -0.2) is 47.0 Å². The fourth-order valence-corrected chi connectivity index (χ4v) is 4.46. The molecule has 2 N–H and O–H groups in total. The van der Waals surface area contributed by atoms with Gasteiger partial charge in [0, 0.05) is 42.6 Å². The third kappa shape index (κ3) is 4.47. The summed E-state index contributed by atoms with van der Waals surface area (Å²) in [6, 6.07) is 7.84. The maximum atomic E-state index is 13.8. The van der Waals surface area contributed by atoms with Gasteiger partial charge in [-0.2, -0.15) is 13.2 Å². The molecule has 2 aliphatic rings. The minimum absolute atomic E-state index is 0.0387. The molecular weight excluding hydrogens is 445 g/mol. The monoisotopic (exact) mass is 472 g/mol. The van der Waals surface area contributed by atoms with Crippen molar-refractivity contribution in [3.05, 3.63) is 65.2 Å². The van der Waals surface area contributed by atoms with Crippen LogP contribution < -0.4 is 5.32 Å². The molecule has 2 aromatic carbocycles. The highest BCUT2D eigenvalue weighted by molar-refractivity contribution is 5.97. The highest BCUT2D eigenvalue weighted by atomic mass is 19.4. The lowest BCUT2D eigenvalue weighted by Crippen LogP contribution is -2.45. The first-order valence-corrected chi connectivity index (χ1v) is 11.2. The van der Waals surface area contributed by atoms with Gasteiger partial charge >= 0.3 is 12.1 Å². The van der Waals surface area contributed by atoms with Gasteiger partial charge in [0.2, 0.25) is 5.96 Å². The Labute approximate surface area is 196 Å². The molecule has 2 aromatic rings. The van der Waals surface area contributed by atoms with Gasteiger partial charge in [-0.25, -0.2) is 9.79 Å². The molecule has 0 saturated carbocycles. The molecule has 6 nitrogen and oxygen atoms in total. The van der Waals surface area contributed by atoms with E-state index < -0.39 is 23.8 Å². The van der Waals surface area contributed by atoms with E-state index in [0.717, 1.165) is 44.5 Å². The van der Waals surface area contributed by atoms with Gasteiger partial charge in [0.1, 0.15) is 0 Å². The van der Waals surface area contributed by atoms with Gasteiger partial charge in [-0.15, -0.1) is 0 Å². The number of guanidine groups is 1. The predicted octanol–water partition coefficient (Wildman–Crippen LogP) is 5.97. The van der Waals surface area contributed by atoms with Crippen LogP contribution in [0.5, 0.6) is 0 Å². The Bertz CT molecular complexity index is 1150. The van der Waals surface area contributed by atoms with E-state index in [4.69, 9.17) is 4.99 Å². The molecule has 0 aromatic heterocycles. The third-order valence-electron chi connectivity index (χ3n) is 6.33. The summed E-state index contributed by atoms with van der Waals surface area (Å²) in [4.78, 5) is 20.3. The van der Waals surface area contributed by atoms with Gasteiger partial charge in [-0.1, -0.05) is 18.7 Å². The van der Waals surface area contributed by atoms with Crippen molar-refractivity contribution in [1.82, 2.24) is 9.80 Å². The van der Waals surface area contributed by atoms with E-state index in [2.05, 4.69) is 16.8 Å². The number of fused-ring (bicyclic) bond motifs is 1. The molecule has 0 spiro atoms. The summed E-state index contributed by atoms with van der Waals surface area (Å²) >= 11 is 0. The average Bonchev–Trinajstić information content (AvgIpc) is 2.80. The SMILES string of the molecule is C=C1c2cc(C(F)(F)F)cc([C@@H](C)Nc3ccccc3C(=O)O)c2N=C(N2CCCCC2)N1C. The summed E-state index contributed by atoms with van der Waals surface area (Å²) in [6.45, 7) is 7.42. The number of benzene rings is 2. The molecule has 1 fully saturated rings. The fourth-order valence-electron chi connectivity index (χ4n) is 4.46. The summed E-state index contributed by atoms with van der Waals surface area (Å²) < 4.78 is 41.4. The number of hydrogen-bond acceptors (Lipinski definition) is 5. The lowest BCUT2D eigenvalue weighted by molar-refractivity contribution is -0.137. The number of hydrogen-bond donors (Lipinski definition) is 2. The second-order valence-electron chi connectivity index (χ2n) is 8.64. The second kappa shape index (κ2) is 9.04. The summed E-state index contributed by atoms with van der Waals surface area (Å²) in [5, 5.41) is 12.6. The number of carboxylic acids is 1. The van der Waals surface area contributed by atoms with Gasteiger partial charge in [0.15, 0.2) is 0 Å². The molecular formula is C25H27F3N4O2. The van der Waals surface area contributed by atoms with Crippen molar-refractivity contribution < 1.29 is 23.1 Å². The number of aliphatic imine (C=N–C) groups is 1. The van der Waals surface area contributed by atoms with E-state index in [9.17, 15) is 23.1 Å². The van der Waals surface area contributed by atoms with E-state index in [0.29, 0.717) is 34.2 Å². The van der Waals surface area contributed by atoms with Gasteiger partial charge < -0.3 is 20.2 Å². The molecule has 9 heteroatoms. The first-order chi connectivity index (χ1) is 16.1. The molecule has 0 aliphatic carbocycles. The summed E-state index contributed by atoms with van der Waals surface area (Å²) in [5.41, 5.74) is 1.06. The van der Waals surface area contributed by atoms with Crippen LogP contribution >= 0.6 is 0 Å². The molecule has 1 saturated heterocycles. The van der Waals surface area contributed by atoms with Crippen molar-refractivity contribution in [2.75, 3.05) is 25.5 Å². The number of carboxylic acid groups (broad SMARTS) is 1. The Kier molecular flexibility index (Phi) is 6.29. The van der Waals surface area contributed by atoms with Crippen LogP contribution in [-0.2, 0) is 6.18 Å². The first kappa shape index (κ1) is 23.7. The lowest BCUT2D eigenvalue weighted by Gasteiger charge is -2.38. The fraction of sp³-hybridized carbons (Fsp3) is 0.360. The van der Waals surface area contributed by atoms with E-state index in [1.807, 2.05) is 0 Å². The largest absolute Gasteiger partial charge is 0.478 e. The third-order valence-corrected chi connectivity index (χ3v) is 6.33. The zero-order valence-electron chi connectivity index (χ0n) is 19.1. The van der Waals surface area contributed by atoms with Crippen molar-refractivity contribution in [2.24, 2.45) is 4.99 Å². The standard InChI is InChI=1S/C25H27F3N4O2/c1-15(29-21-10-6-5-9-18(21)23(33)34)19-13-17(25(26,27)28)14-20-16(2)31(3)24(30-22(19)20)32-11-7-4-8-12-32/h5-6,9-10,13-15,29H,2,4,7-8,11-12H2,1,3H3,(H,33,34)/t15-/m1/s1. The number of alkyl halides is 3. The quantitative estimate of drug-likeness (QED) is 0.574. The summed E-state index contributed by atoms with van der Waals surface area (Å²) in [6.07, 6.45) is -1.38. The average molecular weight is 473 g/mol. The highest BCUT2D eigenvalue weighted by Crippen LogP contribution is 2.43. The number of piperidine rings is 1. The van der Waals surface area contributed by atoms with Crippen molar-refractivity contribution in [3.63, 3.8) is 0 Å². The number of aromatic carboxylic acids is 1. The number of likely N-dealkylation sites (tertiary alicyclic amines) is 1. The maximum Gasteiger partial charge on any atom is 0.416 e. The van der Waals surface area contributed by atoms with Crippen LogP contribution in [0.2, 0.25) is 0 Å². The van der Waals surface area contributed by atoms with Crippen molar-refractivity contribution in [1.29, 1.82) is 0 Å². The van der Waals surface area contributed by atoms with Gasteiger partial charge in [0.05, 0.1) is 22.9 Å². The Hall–Kier alpha value is -3.49. The van der Waals surface area contributed by atoms with E-state index in [1.54, 1.807) is 37.1 Å². The topological polar surface area (TPSA) is 68.2 Å². The smallest absolute Gasteiger partial charge is 0.416 e. The molecule has 2 heterocycles. The predicted molar refractivity (Wildman–Crippen MR) is 126 cm³/mol. The van der Waals surface area contributed by atoms with Crippen molar-refractivity contribution >= 4 is 29.0 Å². The molecule has 2 aliphatic heterocycles.